The van der Waals surface area contributed by atoms with Gasteiger partial charge in [0, 0.05) is 18.0 Å². The smallest absolute Gasteiger partial charge is 0.413 e. The van der Waals surface area contributed by atoms with Gasteiger partial charge >= 0.3 is 12.1 Å². The van der Waals surface area contributed by atoms with E-state index >= 15 is 0 Å². The highest BCUT2D eigenvalue weighted by molar-refractivity contribution is 5.91. The molecule has 180 valence electrons. The van der Waals surface area contributed by atoms with Gasteiger partial charge < -0.3 is 9.84 Å². The van der Waals surface area contributed by atoms with Crippen molar-refractivity contribution < 1.29 is 19.4 Å². The lowest BCUT2D eigenvalue weighted by Gasteiger charge is -2.15. The summed E-state index contributed by atoms with van der Waals surface area (Å²) in [7, 11) is 1.73. The molecule has 0 saturated heterocycles. The summed E-state index contributed by atoms with van der Waals surface area (Å²) in [6, 6.07) is 18.8. The summed E-state index contributed by atoms with van der Waals surface area (Å²) < 4.78 is 7.10. The van der Waals surface area contributed by atoms with Crippen LogP contribution in [0.15, 0.2) is 66.9 Å². The average Bonchev–Trinajstić information content (AvgIpc) is 3.60. The molecule has 0 radical (unpaired) electrons. The van der Waals surface area contributed by atoms with Gasteiger partial charge in [-0.1, -0.05) is 48.2 Å². The van der Waals surface area contributed by atoms with Crippen LogP contribution in [0, 0.1) is 17.3 Å². The monoisotopic (exact) mass is 480 g/mol. The molecule has 1 unspecified atom stereocenters. The van der Waals surface area contributed by atoms with E-state index in [9.17, 15) is 14.7 Å². The molecular weight excluding hydrogens is 456 g/mol. The van der Waals surface area contributed by atoms with Crippen LogP contribution < -0.4 is 5.32 Å². The van der Waals surface area contributed by atoms with Crippen LogP contribution in [0.3, 0.4) is 0 Å². The number of ether oxygens (including phenoxy) is 1. The molecule has 1 fully saturated rings. The number of hydrogen-bond acceptors (Lipinski definition) is 5. The Morgan fingerprint density at radius 3 is 2.64 bits per heavy atom. The van der Waals surface area contributed by atoms with E-state index in [1.807, 2.05) is 67.6 Å². The van der Waals surface area contributed by atoms with Crippen molar-refractivity contribution in [3.05, 3.63) is 78.0 Å². The Labute approximate surface area is 207 Å². The maximum atomic E-state index is 12.6. The van der Waals surface area contributed by atoms with Crippen LogP contribution in [-0.2, 0) is 16.6 Å². The molecule has 1 aliphatic rings. The fourth-order valence-electron chi connectivity index (χ4n) is 3.91. The van der Waals surface area contributed by atoms with Gasteiger partial charge in [0.2, 0.25) is 0 Å². The molecule has 0 spiro atoms. The van der Waals surface area contributed by atoms with Crippen molar-refractivity contribution >= 4 is 28.8 Å². The molecule has 2 aromatic heterocycles. The van der Waals surface area contributed by atoms with Crippen LogP contribution >= 0.6 is 0 Å². The number of fused-ring (bicyclic) bond motifs is 1. The quantitative estimate of drug-likeness (QED) is 0.382. The van der Waals surface area contributed by atoms with Gasteiger partial charge in [-0.05, 0) is 49.6 Å². The van der Waals surface area contributed by atoms with Crippen LogP contribution in [0.1, 0.15) is 37.0 Å². The van der Waals surface area contributed by atoms with Crippen molar-refractivity contribution in [1.29, 1.82) is 0 Å². The summed E-state index contributed by atoms with van der Waals surface area (Å²) in [4.78, 5) is 28.7. The first kappa shape index (κ1) is 23.1. The van der Waals surface area contributed by atoms with Crippen LogP contribution in [0.2, 0.25) is 0 Å². The van der Waals surface area contributed by atoms with Crippen molar-refractivity contribution in [2.24, 2.45) is 12.5 Å². The molecule has 1 saturated carbocycles. The van der Waals surface area contributed by atoms with E-state index in [0.29, 0.717) is 29.9 Å². The van der Waals surface area contributed by atoms with Gasteiger partial charge in [-0.25, -0.2) is 9.78 Å². The third-order valence-corrected chi connectivity index (χ3v) is 6.28. The summed E-state index contributed by atoms with van der Waals surface area (Å²) >= 11 is 0. The van der Waals surface area contributed by atoms with Crippen molar-refractivity contribution in [2.45, 2.75) is 25.9 Å². The topological polar surface area (TPSA) is 106 Å². The summed E-state index contributed by atoms with van der Waals surface area (Å²) in [6.45, 7) is 1.81. The van der Waals surface area contributed by atoms with Crippen molar-refractivity contribution in [3.63, 3.8) is 0 Å². The van der Waals surface area contributed by atoms with Gasteiger partial charge in [-0.2, -0.15) is 5.10 Å². The minimum Gasteiger partial charge on any atom is -0.480 e. The van der Waals surface area contributed by atoms with Gasteiger partial charge in [0.15, 0.2) is 0 Å². The molecule has 0 bridgehead atoms. The van der Waals surface area contributed by atoms with E-state index in [0.717, 1.165) is 22.0 Å². The molecule has 1 amide bonds. The van der Waals surface area contributed by atoms with E-state index in [1.54, 1.807) is 17.9 Å². The second-order valence-corrected chi connectivity index (χ2v) is 8.85. The zero-order chi connectivity index (χ0) is 25.3. The van der Waals surface area contributed by atoms with Crippen molar-refractivity contribution in [3.8, 4) is 23.1 Å². The lowest BCUT2D eigenvalue weighted by Crippen LogP contribution is -2.18. The third kappa shape index (κ3) is 4.64. The van der Waals surface area contributed by atoms with Crippen LogP contribution in [0.25, 0.3) is 22.2 Å². The fourth-order valence-corrected chi connectivity index (χ4v) is 3.91. The zero-order valence-corrected chi connectivity index (χ0v) is 19.9. The van der Waals surface area contributed by atoms with Gasteiger partial charge in [0.1, 0.15) is 17.3 Å². The molecule has 8 nitrogen and oxygen atoms in total. The van der Waals surface area contributed by atoms with Gasteiger partial charge in [0.05, 0.1) is 23.0 Å². The number of aromatic nitrogens is 3. The molecule has 36 heavy (non-hydrogen) atoms. The highest BCUT2D eigenvalue weighted by Crippen LogP contribution is 2.45. The van der Waals surface area contributed by atoms with E-state index < -0.39 is 23.6 Å². The molecule has 2 N–H and O–H groups in total. The molecular formula is C28H24N4O4. The normalized spacial score (nSPS) is 14.4. The first-order chi connectivity index (χ1) is 17.3. The Kier molecular flexibility index (Phi) is 5.90. The number of aryl methyl sites for hydroxylation is 1. The van der Waals surface area contributed by atoms with E-state index in [2.05, 4.69) is 22.3 Å². The molecule has 0 aliphatic heterocycles. The number of anilines is 1. The van der Waals surface area contributed by atoms with Gasteiger partial charge in [0.25, 0.3) is 0 Å². The van der Waals surface area contributed by atoms with Gasteiger partial charge in [-0.3, -0.25) is 14.8 Å². The minimum absolute atomic E-state index is 0.413. The third-order valence-electron chi connectivity index (χ3n) is 6.28. The number of nitrogens with zero attached hydrogens (tertiary/aromatic N) is 3. The van der Waals surface area contributed by atoms with Crippen molar-refractivity contribution in [2.75, 3.05) is 5.32 Å². The predicted octanol–water partition coefficient (Wildman–Crippen LogP) is 5.16. The summed E-state index contributed by atoms with van der Waals surface area (Å²) in [5.41, 5.74) is 2.79. The average molecular weight is 481 g/mol. The molecule has 5 rings (SSSR count). The van der Waals surface area contributed by atoms with Crippen LogP contribution in [0.4, 0.5) is 10.6 Å². The Bertz CT molecular complexity index is 1530. The van der Waals surface area contributed by atoms with Crippen LogP contribution in [-0.4, -0.2) is 31.9 Å². The number of carboxylic acids is 1. The molecule has 4 aromatic rings. The first-order valence-electron chi connectivity index (χ1n) is 11.6. The fraction of sp³-hybridized carbons (Fsp3) is 0.214. The zero-order valence-electron chi connectivity index (χ0n) is 19.9. The number of carbonyl (C=O) groups excluding carboxylic acids is 1. The largest absolute Gasteiger partial charge is 0.480 e. The Hall–Kier alpha value is -4.64. The number of carbonyl (C=O) groups is 2. The molecule has 1 atom stereocenters. The van der Waals surface area contributed by atoms with Gasteiger partial charge in [-0.15, -0.1) is 0 Å². The maximum Gasteiger partial charge on any atom is 0.413 e. The van der Waals surface area contributed by atoms with Crippen LogP contribution in [0.5, 0.6) is 0 Å². The summed E-state index contributed by atoms with van der Waals surface area (Å²) in [5.74, 6) is 5.51. The number of benzene rings is 2. The SMILES string of the molecule is CC(OC(=O)Nc1c(-c2ccc3cc(C#CC4(C(=O)O)CC4)ccc3n2)cnn1C)c1ccccc1. The lowest BCUT2D eigenvalue weighted by atomic mass is 10.1. The second kappa shape index (κ2) is 9.19. The number of pyridine rings is 1. The highest BCUT2D eigenvalue weighted by Gasteiger charge is 2.49. The predicted molar refractivity (Wildman–Crippen MR) is 135 cm³/mol. The standard InChI is InChI=1S/C28H24N4O4/c1-18(20-6-4-3-5-7-20)36-27(35)31-25-22(17-29-32(25)2)24-11-9-21-16-19(8-10-23(21)30-24)12-13-28(14-15-28)26(33)34/h3-11,16-18H,14-15H2,1-2H3,(H,31,35)(H,33,34). The Morgan fingerprint density at radius 2 is 1.92 bits per heavy atom. The molecule has 8 heteroatoms. The minimum atomic E-state index is -0.888. The lowest BCUT2D eigenvalue weighted by molar-refractivity contribution is -0.141. The Morgan fingerprint density at radius 1 is 1.14 bits per heavy atom. The number of nitrogens with one attached hydrogen (secondary N) is 1. The number of amides is 1. The Balaban J connectivity index is 1.35. The van der Waals surface area contributed by atoms with Crippen molar-refractivity contribution in [1.82, 2.24) is 14.8 Å². The first-order valence-corrected chi connectivity index (χ1v) is 11.6. The van der Waals surface area contributed by atoms with E-state index in [1.165, 1.54) is 0 Å². The summed E-state index contributed by atoms with van der Waals surface area (Å²) in [5, 5.41) is 17.3. The molecule has 1 aliphatic carbocycles. The number of hydrogen-bond donors (Lipinski definition) is 2. The number of aliphatic carboxylic acids is 1. The molecule has 2 aromatic carbocycles. The van der Waals surface area contributed by atoms with E-state index in [-0.39, 0.29) is 0 Å². The number of carboxylic acid groups (broad SMARTS) is 1. The number of rotatable bonds is 5. The highest BCUT2D eigenvalue weighted by atomic mass is 16.6. The summed E-state index contributed by atoms with van der Waals surface area (Å²) in [6.07, 6.45) is 1.83. The second-order valence-electron chi connectivity index (χ2n) is 8.85. The maximum absolute atomic E-state index is 12.6. The molecule has 2 heterocycles. The van der Waals surface area contributed by atoms with E-state index in [4.69, 9.17) is 9.72 Å².